The minimum atomic E-state index is -0.326. The van der Waals surface area contributed by atoms with E-state index in [1.165, 1.54) is 0 Å². The van der Waals surface area contributed by atoms with Crippen molar-refractivity contribution >= 4 is 5.91 Å². The van der Waals surface area contributed by atoms with Crippen molar-refractivity contribution in [3.63, 3.8) is 0 Å². The highest BCUT2D eigenvalue weighted by atomic mass is 16.3. The van der Waals surface area contributed by atoms with E-state index >= 15 is 0 Å². The number of amides is 1. The maximum atomic E-state index is 10.9. The zero-order valence-electron chi connectivity index (χ0n) is 6.84. The van der Waals surface area contributed by atoms with E-state index in [1.54, 1.807) is 0 Å². The Labute approximate surface area is 66.8 Å². The number of carbonyl (C=O) groups excluding carboxylic acids is 1. The number of aliphatic hydroxyl groups is 1. The molecule has 1 aliphatic rings. The molecule has 0 spiro atoms. The van der Waals surface area contributed by atoms with Gasteiger partial charge in [0.1, 0.15) is 0 Å². The number of aliphatic hydroxyl groups excluding tert-OH is 1. The lowest BCUT2D eigenvalue weighted by atomic mass is 9.97. The fourth-order valence-electron chi connectivity index (χ4n) is 1.43. The van der Waals surface area contributed by atoms with Crippen molar-refractivity contribution in [3.8, 4) is 0 Å². The molecule has 0 unspecified atom stereocenters. The summed E-state index contributed by atoms with van der Waals surface area (Å²) in [6, 6.07) is 0.00116. The number of rotatable bonds is 2. The molecule has 64 valence electrons. The third-order valence-corrected chi connectivity index (χ3v) is 2.08. The van der Waals surface area contributed by atoms with Gasteiger partial charge in [0.05, 0.1) is 12.1 Å². The number of hydrogen-bond donors (Lipinski definition) is 2. The number of hydrogen-bond acceptors (Lipinski definition) is 2. The standard InChI is InChI=1S/C8H15NO2/c1-2-3-6-7(10)4-5-8(11)9-6/h6-7,10H,2-5H2,1H3,(H,9,11)/t6-,7-/m1/s1. The van der Waals surface area contributed by atoms with Crippen molar-refractivity contribution < 1.29 is 9.90 Å². The summed E-state index contributed by atoms with van der Waals surface area (Å²) < 4.78 is 0. The molecule has 0 aromatic carbocycles. The van der Waals surface area contributed by atoms with Gasteiger partial charge in [0, 0.05) is 6.42 Å². The largest absolute Gasteiger partial charge is 0.391 e. The van der Waals surface area contributed by atoms with E-state index in [-0.39, 0.29) is 18.1 Å². The van der Waals surface area contributed by atoms with Crippen LogP contribution in [0.4, 0.5) is 0 Å². The van der Waals surface area contributed by atoms with Crippen molar-refractivity contribution in [3.05, 3.63) is 0 Å². The van der Waals surface area contributed by atoms with Gasteiger partial charge in [0.15, 0.2) is 0 Å². The smallest absolute Gasteiger partial charge is 0.220 e. The molecule has 3 nitrogen and oxygen atoms in total. The van der Waals surface area contributed by atoms with E-state index < -0.39 is 0 Å². The van der Waals surface area contributed by atoms with Crippen molar-refractivity contribution in [2.45, 2.75) is 44.8 Å². The molecular weight excluding hydrogens is 142 g/mol. The molecule has 1 rings (SSSR count). The summed E-state index contributed by atoms with van der Waals surface area (Å²) in [7, 11) is 0. The van der Waals surface area contributed by atoms with Crippen molar-refractivity contribution in [2.24, 2.45) is 0 Å². The number of carbonyl (C=O) groups is 1. The van der Waals surface area contributed by atoms with Crippen molar-refractivity contribution in [1.82, 2.24) is 5.32 Å². The molecule has 1 heterocycles. The van der Waals surface area contributed by atoms with E-state index in [1.807, 2.05) is 6.92 Å². The van der Waals surface area contributed by atoms with Crippen LogP contribution in [-0.4, -0.2) is 23.2 Å². The Morgan fingerprint density at radius 2 is 2.45 bits per heavy atom. The molecule has 2 N–H and O–H groups in total. The van der Waals surface area contributed by atoms with E-state index in [0.717, 1.165) is 12.8 Å². The number of piperidine rings is 1. The molecule has 0 saturated carbocycles. The highest BCUT2D eigenvalue weighted by molar-refractivity contribution is 5.77. The maximum absolute atomic E-state index is 10.9. The quantitative estimate of drug-likeness (QED) is 0.610. The predicted molar refractivity (Wildman–Crippen MR) is 42.1 cm³/mol. The predicted octanol–water partition coefficient (Wildman–Crippen LogP) is 0.426. The van der Waals surface area contributed by atoms with Crippen LogP contribution in [-0.2, 0) is 4.79 Å². The fourth-order valence-corrected chi connectivity index (χ4v) is 1.43. The third-order valence-electron chi connectivity index (χ3n) is 2.08. The second-order valence-electron chi connectivity index (χ2n) is 3.07. The van der Waals surface area contributed by atoms with Gasteiger partial charge in [-0.05, 0) is 12.8 Å². The van der Waals surface area contributed by atoms with Gasteiger partial charge >= 0.3 is 0 Å². The van der Waals surface area contributed by atoms with E-state index in [4.69, 9.17) is 0 Å². The maximum Gasteiger partial charge on any atom is 0.220 e. The average Bonchev–Trinajstić information content (AvgIpc) is 1.98. The Hall–Kier alpha value is -0.570. The minimum Gasteiger partial charge on any atom is -0.391 e. The molecule has 0 radical (unpaired) electrons. The van der Waals surface area contributed by atoms with Crippen LogP contribution in [0.1, 0.15) is 32.6 Å². The molecule has 2 atom stereocenters. The van der Waals surface area contributed by atoms with E-state index in [9.17, 15) is 9.90 Å². The third kappa shape index (κ3) is 2.19. The first-order valence-corrected chi connectivity index (χ1v) is 4.21. The monoisotopic (exact) mass is 157 g/mol. The fraction of sp³-hybridized carbons (Fsp3) is 0.875. The summed E-state index contributed by atoms with van der Waals surface area (Å²) in [6.45, 7) is 2.05. The Morgan fingerprint density at radius 3 is 3.09 bits per heavy atom. The summed E-state index contributed by atoms with van der Waals surface area (Å²) in [5, 5.41) is 12.2. The van der Waals surface area contributed by atoms with Gasteiger partial charge in [-0.3, -0.25) is 4.79 Å². The molecule has 3 heteroatoms. The van der Waals surface area contributed by atoms with Crippen LogP contribution in [0.5, 0.6) is 0 Å². The summed E-state index contributed by atoms with van der Waals surface area (Å²) in [5.41, 5.74) is 0. The van der Waals surface area contributed by atoms with Crippen LogP contribution in [0.25, 0.3) is 0 Å². The molecule has 0 bridgehead atoms. The minimum absolute atomic E-state index is 0.00116. The molecule has 1 fully saturated rings. The van der Waals surface area contributed by atoms with Gasteiger partial charge < -0.3 is 10.4 Å². The first-order chi connectivity index (χ1) is 5.24. The Morgan fingerprint density at radius 1 is 1.73 bits per heavy atom. The van der Waals surface area contributed by atoms with Crippen LogP contribution in [0.2, 0.25) is 0 Å². The van der Waals surface area contributed by atoms with Crippen LogP contribution >= 0.6 is 0 Å². The molecular formula is C8H15NO2. The summed E-state index contributed by atoms with van der Waals surface area (Å²) in [5.74, 6) is 0.0775. The zero-order chi connectivity index (χ0) is 8.27. The molecule has 1 aliphatic heterocycles. The Kier molecular flexibility index (Phi) is 2.88. The SMILES string of the molecule is CCC[C@H]1NC(=O)CC[C@H]1O. The zero-order valence-corrected chi connectivity index (χ0v) is 6.84. The van der Waals surface area contributed by atoms with Gasteiger partial charge in [-0.25, -0.2) is 0 Å². The van der Waals surface area contributed by atoms with Crippen molar-refractivity contribution in [2.75, 3.05) is 0 Å². The van der Waals surface area contributed by atoms with Gasteiger partial charge in [0.2, 0.25) is 5.91 Å². The van der Waals surface area contributed by atoms with Crippen molar-refractivity contribution in [1.29, 1.82) is 0 Å². The second-order valence-corrected chi connectivity index (χ2v) is 3.07. The van der Waals surface area contributed by atoms with Crippen LogP contribution in [0.15, 0.2) is 0 Å². The number of nitrogens with one attached hydrogen (secondary N) is 1. The summed E-state index contributed by atoms with van der Waals surface area (Å²) in [6.07, 6.45) is 2.65. The van der Waals surface area contributed by atoms with E-state index in [0.29, 0.717) is 12.8 Å². The van der Waals surface area contributed by atoms with Gasteiger partial charge in [-0.1, -0.05) is 13.3 Å². The Bertz CT molecular complexity index is 147. The first-order valence-electron chi connectivity index (χ1n) is 4.21. The average molecular weight is 157 g/mol. The normalized spacial score (nSPS) is 31.6. The highest BCUT2D eigenvalue weighted by Gasteiger charge is 2.25. The summed E-state index contributed by atoms with van der Waals surface area (Å²) in [4.78, 5) is 10.9. The van der Waals surface area contributed by atoms with Crippen LogP contribution in [0.3, 0.4) is 0 Å². The Balaban J connectivity index is 2.40. The lowest BCUT2D eigenvalue weighted by Gasteiger charge is -2.28. The second kappa shape index (κ2) is 3.72. The van der Waals surface area contributed by atoms with Crippen LogP contribution < -0.4 is 5.32 Å². The topological polar surface area (TPSA) is 49.3 Å². The van der Waals surface area contributed by atoms with Gasteiger partial charge in [-0.2, -0.15) is 0 Å². The lowest BCUT2D eigenvalue weighted by molar-refractivity contribution is -0.126. The summed E-state index contributed by atoms with van der Waals surface area (Å²) >= 11 is 0. The van der Waals surface area contributed by atoms with E-state index in [2.05, 4.69) is 5.32 Å². The molecule has 1 saturated heterocycles. The molecule has 1 amide bonds. The highest BCUT2D eigenvalue weighted by Crippen LogP contribution is 2.13. The van der Waals surface area contributed by atoms with Gasteiger partial charge in [-0.15, -0.1) is 0 Å². The molecule has 11 heavy (non-hydrogen) atoms. The van der Waals surface area contributed by atoms with Crippen LogP contribution in [0, 0.1) is 0 Å². The molecule has 0 aromatic rings. The first kappa shape index (κ1) is 8.53. The molecule has 0 aliphatic carbocycles. The lowest BCUT2D eigenvalue weighted by Crippen LogP contribution is -2.47. The molecule has 0 aromatic heterocycles. The van der Waals surface area contributed by atoms with Gasteiger partial charge in [0.25, 0.3) is 0 Å².